The minimum Gasteiger partial charge on any atom is -0.399 e. The van der Waals surface area contributed by atoms with Crippen LogP contribution in [0.25, 0.3) is 0 Å². The summed E-state index contributed by atoms with van der Waals surface area (Å²) in [6.07, 6.45) is 1.22. The summed E-state index contributed by atoms with van der Waals surface area (Å²) in [5, 5.41) is 8.26. The highest BCUT2D eigenvalue weighted by Gasteiger charge is 2.31. The third-order valence-corrected chi connectivity index (χ3v) is 3.99. The Morgan fingerprint density at radius 2 is 2.06 bits per heavy atom. The summed E-state index contributed by atoms with van der Waals surface area (Å²) in [6.45, 7) is 3.04. The van der Waals surface area contributed by atoms with Gasteiger partial charge in [-0.25, -0.2) is 13.6 Å². The van der Waals surface area contributed by atoms with Gasteiger partial charge in [0.15, 0.2) is 0 Å². The van der Waals surface area contributed by atoms with Gasteiger partial charge in [0, 0.05) is 17.9 Å². The average molecular weight is 255 g/mol. The van der Waals surface area contributed by atoms with Crippen molar-refractivity contribution in [1.29, 1.82) is 0 Å². The lowest BCUT2D eigenvalue weighted by Crippen LogP contribution is -2.13. The maximum Gasteiger partial charge on any atom is 0.238 e. The zero-order valence-corrected chi connectivity index (χ0v) is 10.5. The number of anilines is 2. The highest BCUT2D eigenvalue weighted by atomic mass is 32.2. The molecule has 1 fully saturated rings. The maximum absolute atomic E-state index is 11.2. The molecule has 0 radical (unpaired) electrons. The fourth-order valence-electron chi connectivity index (χ4n) is 1.82. The Morgan fingerprint density at radius 1 is 1.41 bits per heavy atom. The van der Waals surface area contributed by atoms with E-state index in [4.69, 9.17) is 10.9 Å². The number of hydrogen-bond acceptors (Lipinski definition) is 4. The second kappa shape index (κ2) is 4.19. The summed E-state index contributed by atoms with van der Waals surface area (Å²) in [6, 6.07) is 4.58. The van der Waals surface area contributed by atoms with Gasteiger partial charge in [-0.15, -0.1) is 0 Å². The summed E-state index contributed by atoms with van der Waals surface area (Å²) >= 11 is 0. The van der Waals surface area contributed by atoms with E-state index >= 15 is 0 Å². The molecule has 1 aliphatic rings. The molecule has 1 aromatic rings. The van der Waals surface area contributed by atoms with Crippen LogP contribution in [-0.2, 0) is 10.0 Å². The predicted octanol–water partition coefficient (Wildman–Crippen LogP) is 0.984. The molecule has 17 heavy (non-hydrogen) atoms. The Labute approximate surface area is 101 Å². The van der Waals surface area contributed by atoms with E-state index in [0.29, 0.717) is 17.3 Å². The van der Waals surface area contributed by atoms with Gasteiger partial charge in [-0.05, 0) is 36.5 Å². The molecule has 1 aromatic carbocycles. The standard InChI is InChI=1S/C11H17N3O2S/c1-7-2-8(7)6-14-10-3-9(12)4-11(5-10)17(13,15)16/h3-5,7-8,14H,2,6,12H2,1H3,(H2,13,15,16). The lowest BCUT2D eigenvalue weighted by Gasteiger charge is -2.08. The quantitative estimate of drug-likeness (QED) is 0.698. The van der Waals surface area contributed by atoms with Crippen LogP contribution in [-0.4, -0.2) is 15.0 Å². The number of hydrogen-bond donors (Lipinski definition) is 3. The van der Waals surface area contributed by atoms with Gasteiger partial charge in [0.25, 0.3) is 0 Å². The molecule has 2 atom stereocenters. The summed E-state index contributed by atoms with van der Waals surface area (Å²) in [7, 11) is -3.70. The van der Waals surface area contributed by atoms with E-state index in [0.717, 1.165) is 12.5 Å². The molecule has 5 nitrogen and oxygen atoms in total. The molecule has 5 N–H and O–H groups in total. The molecule has 6 heteroatoms. The van der Waals surface area contributed by atoms with Crippen LogP contribution in [0.5, 0.6) is 0 Å². The normalized spacial score (nSPS) is 23.4. The molecule has 2 rings (SSSR count). The predicted molar refractivity (Wildman–Crippen MR) is 68.0 cm³/mol. The van der Waals surface area contributed by atoms with Gasteiger partial charge in [-0.3, -0.25) is 0 Å². The van der Waals surface area contributed by atoms with Crippen molar-refractivity contribution in [3.8, 4) is 0 Å². The first-order chi connectivity index (χ1) is 7.86. The van der Waals surface area contributed by atoms with Crippen molar-refractivity contribution in [3.63, 3.8) is 0 Å². The number of rotatable bonds is 4. The van der Waals surface area contributed by atoms with Crippen LogP contribution in [0.1, 0.15) is 13.3 Å². The van der Waals surface area contributed by atoms with Gasteiger partial charge in [0.05, 0.1) is 4.90 Å². The van der Waals surface area contributed by atoms with Crippen LogP contribution >= 0.6 is 0 Å². The zero-order valence-electron chi connectivity index (χ0n) is 9.68. The molecule has 1 aliphatic carbocycles. The van der Waals surface area contributed by atoms with E-state index in [9.17, 15) is 8.42 Å². The maximum atomic E-state index is 11.2. The summed E-state index contributed by atoms with van der Waals surface area (Å²) < 4.78 is 22.5. The largest absolute Gasteiger partial charge is 0.399 e. The second-order valence-corrected chi connectivity index (χ2v) is 6.25. The monoisotopic (exact) mass is 255 g/mol. The van der Waals surface area contributed by atoms with Gasteiger partial charge < -0.3 is 11.1 Å². The van der Waals surface area contributed by atoms with Crippen LogP contribution in [0.3, 0.4) is 0 Å². The molecule has 0 bridgehead atoms. The first kappa shape index (κ1) is 12.2. The van der Waals surface area contributed by atoms with Gasteiger partial charge in [-0.2, -0.15) is 0 Å². The van der Waals surface area contributed by atoms with Crippen molar-refractivity contribution >= 4 is 21.4 Å². The van der Waals surface area contributed by atoms with Crippen LogP contribution in [0.2, 0.25) is 0 Å². The minimum atomic E-state index is -3.70. The van der Waals surface area contributed by atoms with Crippen molar-refractivity contribution in [2.45, 2.75) is 18.2 Å². The lowest BCUT2D eigenvalue weighted by molar-refractivity contribution is 0.598. The fraction of sp³-hybridized carbons (Fsp3) is 0.455. The van der Waals surface area contributed by atoms with Crippen molar-refractivity contribution < 1.29 is 8.42 Å². The first-order valence-electron chi connectivity index (χ1n) is 5.53. The zero-order chi connectivity index (χ0) is 12.6. The van der Waals surface area contributed by atoms with E-state index in [1.807, 2.05) is 0 Å². The number of benzene rings is 1. The smallest absolute Gasteiger partial charge is 0.238 e. The molecule has 0 spiro atoms. The summed E-state index contributed by atoms with van der Waals surface area (Å²) in [4.78, 5) is 0.0452. The van der Waals surface area contributed by atoms with E-state index < -0.39 is 10.0 Å². The van der Waals surface area contributed by atoms with Crippen LogP contribution in [0.15, 0.2) is 23.1 Å². The van der Waals surface area contributed by atoms with Crippen LogP contribution in [0.4, 0.5) is 11.4 Å². The second-order valence-electron chi connectivity index (χ2n) is 4.69. The third-order valence-electron chi connectivity index (χ3n) is 3.10. The van der Waals surface area contributed by atoms with E-state index in [1.54, 1.807) is 6.07 Å². The van der Waals surface area contributed by atoms with Crippen molar-refractivity contribution in [3.05, 3.63) is 18.2 Å². The van der Waals surface area contributed by atoms with Gasteiger partial charge in [-0.1, -0.05) is 6.92 Å². The molecule has 2 unspecified atom stereocenters. The fourth-order valence-corrected chi connectivity index (χ4v) is 2.41. The molecule has 94 valence electrons. The molecule has 0 amide bonds. The highest BCUT2D eigenvalue weighted by Crippen LogP contribution is 2.37. The molecule has 1 saturated carbocycles. The molecule has 0 aliphatic heterocycles. The van der Waals surface area contributed by atoms with Crippen LogP contribution < -0.4 is 16.2 Å². The number of primary sulfonamides is 1. The highest BCUT2D eigenvalue weighted by molar-refractivity contribution is 7.89. The Balaban J connectivity index is 2.14. The summed E-state index contributed by atoms with van der Waals surface area (Å²) in [5.41, 5.74) is 6.74. The molecular weight excluding hydrogens is 238 g/mol. The average Bonchev–Trinajstić information content (AvgIpc) is 2.90. The minimum absolute atomic E-state index is 0.0452. The van der Waals surface area contributed by atoms with Crippen LogP contribution in [0, 0.1) is 11.8 Å². The molecule has 0 aromatic heterocycles. The number of nitrogens with one attached hydrogen (secondary N) is 1. The molecule has 0 heterocycles. The molecule has 0 saturated heterocycles. The van der Waals surface area contributed by atoms with Gasteiger partial charge >= 0.3 is 0 Å². The van der Waals surface area contributed by atoms with Gasteiger partial charge in [0.1, 0.15) is 0 Å². The van der Waals surface area contributed by atoms with Crippen molar-refractivity contribution in [2.24, 2.45) is 17.0 Å². The Morgan fingerprint density at radius 3 is 2.59 bits per heavy atom. The van der Waals surface area contributed by atoms with Crippen molar-refractivity contribution in [1.82, 2.24) is 0 Å². The topological polar surface area (TPSA) is 98.2 Å². The number of sulfonamides is 1. The SMILES string of the molecule is CC1CC1CNc1cc(N)cc(S(N)(=O)=O)c1. The van der Waals surface area contributed by atoms with E-state index in [2.05, 4.69) is 12.2 Å². The Kier molecular flexibility index (Phi) is 3.01. The lowest BCUT2D eigenvalue weighted by atomic mass is 10.2. The Bertz CT molecular complexity index is 528. The first-order valence-corrected chi connectivity index (χ1v) is 7.08. The Hall–Kier alpha value is -1.27. The van der Waals surface area contributed by atoms with E-state index in [-0.39, 0.29) is 4.90 Å². The van der Waals surface area contributed by atoms with E-state index in [1.165, 1.54) is 18.6 Å². The summed E-state index contributed by atoms with van der Waals surface area (Å²) in [5.74, 6) is 1.43. The van der Waals surface area contributed by atoms with Crippen molar-refractivity contribution in [2.75, 3.05) is 17.6 Å². The number of nitrogen functional groups attached to an aromatic ring is 1. The molecular formula is C11H17N3O2S. The third kappa shape index (κ3) is 3.10. The van der Waals surface area contributed by atoms with Gasteiger partial charge in [0.2, 0.25) is 10.0 Å². The number of nitrogens with two attached hydrogens (primary N) is 2.